The highest BCUT2D eigenvalue weighted by atomic mass is 16.1. The molecule has 0 spiro atoms. The number of amides is 1. The summed E-state index contributed by atoms with van der Waals surface area (Å²) in [5.74, 6) is 0.239. The van der Waals surface area contributed by atoms with Gasteiger partial charge < -0.3 is 11.1 Å². The Hall–Kier alpha value is -1.51. The highest BCUT2D eigenvalue weighted by Gasteiger charge is 2.37. The van der Waals surface area contributed by atoms with Gasteiger partial charge in [-0.05, 0) is 49.3 Å². The van der Waals surface area contributed by atoms with Crippen LogP contribution in [0.2, 0.25) is 0 Å². The lowest BCUT2D eigenvalue weighted by atomic mass is 9.68. The van der Waals surface area contributed by atoms with E-state index in [9.17, 15) is 4.79 Å². The summed E-state index contributed by atoms with van der Waals surface area (Å²) >= 11 is 0. The predicted molar refractivity (Wildman–Crippen MR) is 84.7 cm³/mol. The first-order chi connectivity index (χ1) is 9.33. The van der Waals surface area contributed by atoms with E-state index in [1.165, 1.54) is 6.42 Å². The van der Waals surface area contributed by atoms with Crippen molar-refractivity contribution in [1.82, 2.24) is 0 Å². The minimum atomic E-state index is 0.0878. The molecule has 3 N–H and O–H groups in total. The van der Waals surface area contributed by atoms with Gasteiger partial charge in [-0.2, -0.15) is 0 Å². The molecule has 1 aromatic rings. The van der Waals surface area contributed by atoms with Gasteiger partial charge in [-0.15, -0.1) is 0 Å². The number of anilines is 2. The molecular weight excluding hydrogens is 248 g/mol. The summed E-state index contributed by atoms with van der Waals surface area (Å²) in [4.78, 5) is 12.6. The largest absolute Gasteiger partial charge is 0.398 e. The number of nitrogen functional groups attached to an aromatic ring is 1. The van der Waals surface area contributed by atoms with Crippen molar-refractivity contribution in [3.05, 3.63) is 23.3 Å². The summed E-state index contributed by atoms with van der Waals surface area (Å²) in [7, 11) is 0. The molecule has 20 heavy (non-hydrogen) atoms. The normalized spacial score (nSPS) is 21.5. The van der Waals surface area contributed by atoms with Gasteiger partial charge in [0.1, 0.15) is 0 Å². The molecule has 1 unspecified atom stereocenters. The van der Waals surface area contributed by atoms with E-state index in [1.807, 2.05) is 26.0 Å². The zero-order valence-electron chi connectivity index (χ0n) is 13.0. The van der Waals surface area contributed by atoms with Gasteiger partial charge in [0, 0.05) is 17.3 Å². The number of nitrogens with one attached hydrogen (secondary N) is 1. The number of aryl methyl sites for hydroxylation is 1. The highest BCUT2D eigenvalue weighted by molar-refractivity contribution is 5.95. The van der Waals surface area contributed by atoms with Crippen LogP contribution in [0.3, 0.4) is 0 Å². The van der Waals surface area contributed by atoms with E-state index >= 15 is 0 Å². The highest BCUT2D eigenvalue weighted by Crippen LogP contribution is 2.41. The Morgan fingerprint density at radius 3 is 2.65 bits per heavy atom. The van der Waals surface area contributed by atoms with Gasteiger partial charge in [0.05, 0.1) is 0 Å². The van der Waals surface area contributed by atoms with Gasteiger partial charge in [-0.1, -0.05) is 32.8 Å². The molecule has 1 saturated carbocycles. The number of carbonyl (C=O) groups excluding carboxylic acids is 1. The minimum absolute atomic E-state index is 0.0878. The summed E-state index contributed by atoms with van der Waals surface area (Å²) in [6.07, 6.45) is 4.49. The Morgan fingerprint density at radius 1 is 1.30 bits per heavy atom. The van der Waals surface area contributed by atoms with Crippen LogP contribution < -0.4 is 11.1 Å². The monoisotopic (exact) mass is 274 g/mol. The molecular formula is C17H26N2O. The number of hydrogen-bond acceptors (Lipinski definition) is 2. The quantitative estimate of drug-likeness (QED) is 0.800. The van der Waals surface area contributed by atoms with Crippen LogP contribution in [0.4, 0.5) is 11.4 Å². The van der Waals surface area contributed by atoms with Crippen LogP contribution >= 0.6 is 0 Å². The molecule has 0 radical (unpaired) electrons. The van der Waals surface area contributed by atoms with Crippen LogP contribution in [0.15, 0.2) is 12.1 Å². The average molecular weight is 274 g/mol. The predicted octanol–water partition coefficient (Wildman–Crippen LogP) is 4.04. The van der Waals surface area contributed by atoms with Crippen LogP contribution in [0.25, 0.3) is 0 Å². The summed E-state index contributed by atoms with van der Waals surface area (Å²) in [6.45, 7) is 8.38. The Balaban J connectivity index is 2.22. The van der Waals surface area contributed by atoms with E-state index in [4.69, 9.17) is 5.73 Å². The van der Waals surface area contributed by atoms with Crippen molar-refractivity contribution in [2.45, 2.75) is 53.4 Å². The van der Waals surface area contributed by atoms with Crippen LogP contribution in [0, 0.1) is 25.2 Å². The van der Waals surface area contributed by atoms with Crippen LogP contribution in [0.5, 0.6) is 0 Å². The third-order valence-electron chi connectivity index (χ3n) is 4.79. The summed E-state index contributed by atoms with van der Waals surface area (Å²) < 4.78 is 0. The summed E-state index contributed by atoms with van der Waals surface area (Å²) in [5, 5.41) is 3.13. The van der Waals surface area contributed by atoms with Gasteiger partial charge in [-0.3, -0.25) is 4.79 Å². The Labute approximate surface area is 121 Å². The van der Waals surface area contributed by atoms with Crippen molar-refractivity contribution in [1.29, 1.82) is 0 Å². The van der Waals surface area contributed by atoms with Crippen molar-refractivity contribution < 1.29 is 4.79 Å². The third-order valence-corrected chi connectivity index (χ3v) is 4.79. The van der Waals surface area contributed by atoms with Crippen molar-refractivity contribution in [3.63, 3.8) is 0 Å². The second-order valence-electron chi connectivity index (χ2n) is 6.75. The standard InChI is InChI=1S/C17H26N2O/c1-11-8-9-14(18)12(2)15(11)19-16(20)13-7-5-6-10-17(13,3)4/h8-9,13H,5-7,10,18H2,1-4H3,(H,19,20). The average Bonchev–Trinajstić information content (AvgIpc) is 2.38. The number of nitrogens with two attached hydrogens (primary N) is 1. The molecule has 0 saturated heterocycles. The number of rotatable bonds is 2. The fourth-order valence-corrected chi connectivity index (χ4v) is 3.25. The van der Waals surface area contributed by atoms with Crippen molar-refractivity contribution in [2.24, 2.45) is 11.3 Å². The fourth-order valence-electron chi connectivity index (χ4n) is 3.25. The maximum atomic E-state index is 12.6. The molecule has 1 aliphatic carbocycles. The first kappa shape index (κ1) is 14.9. The van der Waals surface area contributed by atoms with Gasteiger partial charge in [0.15, 0.2) is 0 Å². The van der Waals surface area contributed by atoms with Crippen molar-refractivity contribution in [3.8, 4) is 0 Å². The SMILES string of the molecule is Cc1ccc(N)c(C)c1NC(=O)C1CCCCC1(C)C. The Bertz CT molecular complexity index is 520. The molecule has 0 heterocycles. The van der Waals surface area contributed by atoms with Crippen LogP contribution in [0.1, 0.15) is 50.7 Å². The Morgan fingerprint density at radius 2 is 2.00 bits per heavy atom. The van der Waals surface area contributed by atoms with E-state index in [0.29, 0.717) is 0 Å². The zero-order chi connectivity index (χ0) is 14.9. The number of carbonyl (C=O) groups is 1. The van der Waals surface area contributed by atoms with Gasteiger partial charge in [-0.25, -0.2) is 0 Å². The second kappa shape index (κ2) is 5.47. The summed E-state index contributed by atoms with van der Waals surface area (Å²) in [6, 6.07) is 3.86. The van der Waals surface area contributed by atoms with Gasteiger partial charge in [0.25, 0.3) is 0 Å². The van der Waals surface area contributed by atoms with E-state index < -0.39 is 0 Å². The van der Waals surface area contributed by atoms with Gasteiger partial charge >= 0.3 is 0 Å². The molecule has 110 valence electrons. The van der Waals surface area contributed by atoms with E-state index in [-0.39, 0.29) is 17.2 Å². The molecule has 1 fully saturated rings. The maximum Gasteiger partial charge on any atom is 0.228 e. The Kier molecular flexibility index (Phi) is 4.07. The van der Waals surface area contributed by atoms with Crippen LogP contribution in [-0.2, 0) is 4.79 Å². The van der Waals surface area contributed by atoms with E-state index in [0.717, 1.165) is 41.8 Å². The fraction of sp³-hybridized carbons (Fsp3) is 0.588. The molecule has 1 aliphatic rings. The molecule has 0 aromatic heterocycles. The minimum Gasteiger partial charge on any atom is -0.398 e. The van der Waals surface area contributed by atoms with Crippen molar-refractivity contribution in [2.75, 3.05) is 11.1 Å². The number of benzene rings is 1. The molecule has 3 nitrogen and oxygen atoms in total. The lowest BCUT2D eigenvalue weighted by Crippen LogP contribution is -2.37. The molecule has 1 atom stereocenters. The molecule has 0 aliphatic heterocycles. The topological polar surface area (TPSA) is 55.1 Å². The molecule has 3 heteroatoms. The first-order valence-electron chi connectivity index (χ1n) is 7.49. The maximum absolute atomic E-state index is 12.6. The van der Waals surface area contributed by atoms with Crippen molar-refractivity contribution >= 4 is 17.3 Å². The van der Waals surface area contributed by atoms with Crippen LogP contribution in [-0.4, -0.2) is 5.91 Å². The van der Waals surface area contributed by atoms with E-state index in [1.54, 1.807) is 0 Å². The molecule has 2 rings (SSSR count). The lowest BCUT2D eigenvalue weighted by Gasteiger charge is -2.37. The molecule has 1 amide bonds. The lowest BCUT2D eigenvalue weighted by molar-refractivity contribution is -0.124. The number of hydrogen-bond donors (Lipinski definition) is 2. The molecule has 0 bridgehead atoms. The molecule has 1 aromatic carbocycles. The van der Waals surface area contributed by atoms with E-state index in [2.05, 4.69) is 19.2 Å². The summed E-state index contributed by atoms with van der Waals surface area (Å²) in [5.41, 5.74) is 9.68. The third kappa shape index (κ3) is 2.82. The van der Waals surface area contributed by atoms with Gasteiger partial charge in [0.2, 0.25) is 5.91 Å². The second-order valence-corrected chi connectivity index (χ2v) is 6.75. The first-order valence-corrected chi connectivity index (χ1v) is 7.49. The smallest absolute Gasteiger partial charge is 0.228 e. The zero-order valence-corrected chi connectivity index (χ0v) is 13.0.